The summed E-state index contributed by atoms with van der Waals surface area (Å²) in [5, 5.41) is 0. The first kappa shape index (κ1) is 12.4. The molecule has 2 rings (SSSR count). The van der Waals surface area contributed by atoms with Crippen molar-refractivity contribution in [3.8, 4) is 16.9 Å². The van der Waals surface area contributed by atoms with E-state index in [9.17, 15) is 13.2 Å². The minimum Gasteiger partial charge on any atom is -0.495 e. The molecule has 2 aromatic rings. The van der Waals surface area contributed by atoms with Gasteiger partial charge in [0.15, 0.2) is 0 Å². The fourth-order valence-corrected chi connectivity index (χ4v) is 1.56. The van der Waals surface area contributed by atoms with E-state index in [-0.39, 0.29) is 0 Å². The van der Waals surface area contributed by atoms with Crippen molar-refractivity contribution in [2.75, 3.05) is 7.11 Å². The first-order valence-electron chi connectivity index (χ1n) is 5.17. The van der Waals surface area contributed by atoms with E-state index in [1.54, 1.807) is 12.1 Å². The molecular formula is C13H10F3NO. The molecule has 1 aromatic carbocycles. The van der Waals surface area contributed by atoms with Crippen LogP contribution in [-0.4, -0.2) is 12.1 Å². The zero-order valence-electron chi connectivity index (χ0n) is 9.53. The van der Waals surface area contributed by atoms with E-state index in [1.807, 2.05) is 0 Å². The van der Waals surface area contributed by atoms with Gasteiger partial charge in [-0.25, -0.2) is 0 Å². The Labute approximate surface area is 102 Å². The average molecular weight is 253 g/mol. The molecule has 1 aromatic heterocycles. The summed E-state index contributed by atoms with van der Waals surface area (Å²) in [5.41, 5.74) is 0.361. The van der Waals surface area contributed by atoms with Crippen molar-refractivity contribution < 1.29 is 17.9 Å². The van der Waals surface area contributed by atoms with Gasteiger partial charge >= 0.3 is 6.18 Å². The molecule has 0 N–H and O–H groups in total. The number of alkyl halides is 3. The quantitative estimate of drug-likeness (QED) is 0.812. The van der Waals surface area contributed by atoms with Crippen LogP contribution in [0.1, 0.15) is 5.56 Å². The summed E-state index contributed by atoms with van der Waals surface area (Å²) in [6.45, 7) is 0. The Balaban J connectivity index is 2.44. The van der Waals surface area contributed by atoms with Gasteiger partial charge in [-0.05, 0) is 23.8 Å². The number of nitrogens with zero attached hydrogens (tertiary/aromatic N) is 1. The van der Waals surface area contributed by atoms with Gasteiger partial charge in [-0.1, -0.05) is 12.1 Å². The zero-order valence-corrected chi connectivity index (χ0v) is 9.53. The van der Waals surface area contributed by atoms with Crippen LogP contribution in [0.25, 0.3) is 11.1 Å². The lowest BCUT2D eigenvalue weighted by atomic mass is 10.0. The fourth-order valence-electron chi connectivity index (χ4n) is 1.56. The fraction of sp³-hybridized carbons (Fsp3) is 0.154. The normalized spacial score (nSPS) is 11.3. The molecule has 0 saturated heterocycles. The highest BCUT2D eigenvalue weighted by Gasteiger charge is 2.30. The molecule has 0 unspecified atom stereocenters. The van der Waals surface area contributed by atoms with Crippen molar-refractivity contribution in [1.82, 2.24) is 4.98 Å². The molecule has 0 spiro atoms. The third-order valence-electron chi connectivity index (χ3n) is 2.47. The summed E-state index contributed by atoms with van der Waals surface area (Å²) >= 11 is 0. The van der Waals surface area contributed by atoms with E-state index < -0.39 is 11.7 Å². The Morgan fingerprint density at radius 3 is 2.50 bits per heavy atom. The minimum absolute atomic E-state index is 0.455. The highest BCUT2D eigenvalue weighted by Crippen LogP contribution is 2.32. The van der Waals surface area contributed by atoms with E-state index in [4.69, 9.17) is 4.74 Å². The zero-order chi connectivity index (χ0) is 13.2. The first-order valence-corrected chi connectivity index (χ1v) is 5.17. The lowest BCUT2D eigenvalue weighted by Gasteiger charge is -2.09. The molecule has 5 heteroatoms. The number of hydrogen-bond acceptors (Lipinski definition) is 2. The molecule has 18 heavy (non-hydrogen) atoms. The molecule has 2 nitrogen and oxygen atoms in total. The second-order valence-electron chi connectivity index (χ2n) is 3.69. The maximum atomic E-state index is 12.6. The topological polar surface area (TPSA) is 22.1 Å². The smallest absolute Gasteiger partial charge is 0.416 e. The molecule has 0 radical (unpaired) electrons. The van der Waals surface area contributed by atoms with Crippen molar-refractivity contribution in [2.24, 2.45) is 0 Å². The highest BCUT2D eigenvalue weighted by atomic mass is 19.4. The third kappa shape index (κ3) is 2.61. The van der Waals surface area contributed by atoms with Crippen LogP contribution in [0.3, 0.4) is 0 Å². The number of ether oxygens (including phenoxy) is 1. The van der Waals surface area contributed by atoms with Crippen LogP contribution >= 0.6 is 0 Å². The molecule has 94 valence electrons. The van der Waals surface area contributed by atoms with Crippen LogP contribution in [0.5, 0.6) is 5.75 Å². The van der Waals surface area contributed by atoms with Gasteiger partial charge in [0.05, 0.1) is 18.9 Å². The lowest BCUT2D eigenvalue weighted by Crippen LogP contribution is -2.04. The van der Waals surface area contributed by atoms with Gasteiger partial charge in [0.2, 0.25) is 0 Å². The Bertz CT molecular complexity index is 552. The van der Waals surface area contributed by atoms with Gasteiger partial charge in [-0.2, -0.15) is 13.2 Å². The summed E-state index contributed by atoms with van der Waals surface area (Å²) in [4.78, 5) is 3.92. The molecule has 0 aliphatic carbocycles. The number of hydrogen-bond donors (Lipinski definition) is 0. The van der Waals surface area contributed by atoms with Crippen LogP contribution < -0.4 is 4.74 Å². The number of aromatic nitrogens is 1. The van der Waals surface area contributed by atoms with Gasteiger partial charge in [0.1, 0.15) is 5.75 Å². The van der Waals surface area contributed by atoms with Crippen LogP contribution in [-0.2, 0) is 6.18 Å². The standard InChI is InChI=1S/C13H10F3NO/c1-18-12-6-10(7-17-8-12)9-3-2-4-11(5-9)13(14,15)16/h2-8H,1H3. The molecule has 0 bridgehead atoms. The van der Waals surface area contributed by atoms with Crippen molar-refractivity contribution in [3.05, 3.63) is 48.3 Å². The monoisotopic (exact) mass is 253 g/mol. The van der Waals surface area contributed by atoms with Gasteiger partial charge in [-0.3, -0.25) is 4.98 Å². The van der Waals surface area contributed by atoms with E-state index in [0.29, 0.717) is 16.9 Å². The highest BCUT2D eigenvalue weighted by molar-refractivity contribution is 5.64. The van der Waals surface area contributed by atoms with Gasteiger partial charge in [0.25, 0.3) is 0 Å². The molecule has 0 amide bonds. The number of halogens is 3. The Hall–Kier alpha value is -2.04. The number of pyridine rings is 1. The lowest BCUT2D eigenvalue weighted by molar-refractivity contribution is -0.137. The van der Waals surface area contributed by atoms with Gasteiger partial charge in [0, 0.05) is 11.8 Å². The van der Waals surface area contributed by atoms with Crippen LogP contribution in [0.15, 0.2) is 42.7 Å². The summed E-state index contributed by atoms with van der Waals surface area (Å²) in [7, 11) is 1.48. The van der Waals surface area contributed by atoms with Crippen molar-refractivity contribution in [1.29, 1.82) is 0 Å². The number of rotatable bonds is 2. The van der Waals surface area contributed by atoms with Crippen molar-refractivity contribution >= 4 is 0 Å². The second-order valence-corrected chi connectivity index (χ2v) is 3.69. The molecule has 0 aliphatic rings. The second kappa shape index (κ2) is 4.68. The first-order chi connectivity index (χ1) is 8.50. The Kier molecular flexibility index (Phi) is 3.23. The average Bonchev–Trinajstić information content (AvgIpc) is 2.38. The maximum Gasteiger partial charge on any atom is 0.416 e. The molecule has 0 atom stereocenters. The van der Waals surface area contributed by atoms with Crippen LogP contribution in [0, 0.1) is 0 Å². The Morgan fingerprint density at radius 2 is 1.83 bits per heavy atom. The molecule has 0 aliphatic heterocycles. The molecule has 1 heterocycles. The van der Waals surface area contributed by atoms with Crippen molar-refractivity contribution in [3.63, 3.8) is 0 Å². The SMILES string of the molecule is COc1cncc(-c2cccc(C(F)(F)F)c2)c1. The van der Waals surface area contributed by atoms with Crippen molar-refractivity contribution in [2.45, 2.75) is 6.18 Å². The summed E-state index contributed by atoms with van der Waals surface area (Å²) in [5.74, 6) is 0.505. The predicted molar refractivity (Wildman–Crippen MR) is 61.2 cm³/mol. The maximum absolute atomic E-state index is 12.6. The molecule has 0 fully saturated rings. The summed E-state index contributed by atoms with van der Waals surface area (Å²) < 4.78 is 42.8. The largest absolute Gasteiger partial charge is 0.495 e. The predicted octanol–water partition coefficient (Wildman–Crippen LogP) is 3.78. The minimum atomic E-state index is -4.34. The molecular weight excluding hydrogens is 243 g/mol. The van der Waals surface area contributed by atoms with Gasteiger partial charge in [-0.15, -0.1) is 0 Å². The number of methoxy groups -OCH3 is 1. The van der Waals surface area contributed by atoms with E-state index in [1.165, 1.54) is 25.6 Å². The van der Waals surface area contributed by atoms with E-state index >= 15 is 0 Å². The Morgan fingerprint density at radius 1 is 1.06 bits per heavy atom. The van der Waals surface area contributed by atoms with E-state index in [2.05, 4.69) is 4.98 Å². The molecule has 0 saturated carbocycles. The van der Waals surface area contributed by atoms with Crippen LogP contribution in [0.2, 0.25) is 0 Å². The number of benzene rings is 1. The third-order valence-corrected chi connectivity index (χ3v) is 2.47. The van der Waals surface area contributed by atoms with E-state index in [0.717, 1.165) is 12.1 Å². The summed E-state index contributed by atoms with van der Waals surface area (Å²) in [6.07, 6.45) is -1.35. The summed E-state index contributed by atoms with van der Waals surface area (Å²) in [6, 6.07) is 6.75. The van der Waals surface area contributed by atoms with Crippen LogP contribution in [0.4, 0.5) is 13.2 Å². The van der Waals surface area contributed by atoms with Gasteiger partial charge < -0.3 is 4.74 Å².